The van der Waals surface area contributed by atoms with Crippen LogP contribution < -0.4 is 4.46 Å². The Morgan fingerprint density at radius 3 is 2.57 bits per heavy atom. The molecular weight excluding hydrogens is 303 g/mol. The van der Waals surface area contributed by atoms with Crippen molar-refractivity contribution >= 4 is 35.3 Å². The van der Waals surface area contributed by atoms with Gasteiger partial charge in [0.05, 0.1) is 0 Å². The molecule has 0 bridgehead atoms. The molecule has 78 valence electrons. The molecule has 0 aliphatic carbocycles. The Labute approximate surface area is 102 Å². The average Bonchev–Trinajstić information content (AvgIpc) is 2.25. The number of hydrogen-bond donors (Lipinski definition) is 0. The quantitative estimate of drug-likeness (QED) is 0.557. The van der Waals surface area contributed by atoms with Crippen LogP contribution in [0.3, 0.4) is 0 Å². The number of halogens is 1. The molecular formula is C12H17BrSe. The molecule has 0 amide bonds. The summed E-state index contributed by atoms with van der Waals surface area (Å²) >= 11 is 4.26. The van der Waals surface area contributed by atoms with Crippen LogP contribution in [-0.2, 0) is 0 Å². The molecule has 0 heterocycles. The first-order chi connectivity index (χ1) is 6.86. The van der Waals surface area contributed by atoms with Crippen molar-refractivity contribution in [3.05, 3.63) is 30.3 Å². The molecule has 0 aliphatic heterocycles. The van der Waals surface area contributed by atoms with E-state index in [1.807, 2.05) is 0 Å². The van der Waals surface area contributed by atoms with Crippen LogP contribution in [0.25, 0.3) is 0 Å². The number of hydrogen-bond acceptors (Lipinski definition) is 0. The summed E-state index contributed by atoms with van der Waals surface area (Å²) < 4.78 is 1.53. The van der Waals surface area contributed by atoms with Gasteiger partial charge < -0.3 is 0 Å². The van der Waals surface area contributed by atoms with Gasteiger partial charge in [-0.25, -0.2) is 0 Å². The first kappa shape index (κ1) is 12.3. The van der Waals surface area contributed by atoms with Crippen LogP contribution in [0.2, 0.25) is 4.82 Å². The minimum atomic E-state index is 0.639. The predicted molar refractivity (Wildman–Crippen MR) is 68.9 cm³/mol. The Kier molecular flexibility index (Phi) is 6.59. The fourth-order valence-corrected chi connectivity index (χ4v) is 4.50. The summed E-state index contributed by atoms with van der Waals surface area (Å²) in [6, 6.07) is 10.9. The van der Waals surface area contributed by atoms with Crippen molar-refractivity contribution in [3.8, 4) is 0 Å². The average molecular weight is 320 g/mol. The van der Waals surface area contributed by atoms with Crippen LogP contribution in [0.15, 0.2) is 30.3 Å². The van der Waals surface area contributed by atoms with Crippen LogP contribution in [0.4, 0.5) is 0 Å². The number of benzene rings is 1. The zero-order chi connectivity index (χ0) is 10.2. The summed E-state index contributed by atoms with van der Waals surface area (Å²) in [5.74, 6) is 0. The monoisotopic (exact) mass is 320 g/mol. The molecule has 0 saturated heterocycles. The van der Waals surface area contributed by atoms with E-state index in [9.17, 15) is 0 Å². The van der Waals surface area contributed by atoms with E-state index in [1.165, 1.54) is 23.7 Å². The van der Waals surface area contributed by atoms with E-state index >= 15 is 0 Å². The maximum atomic E-state index is 3.62. The molecule has 0 saturated carbocycles. The summed E-state index contributed by atoms with van der Waals surface area (Å²) in [7, 11) is 0. The van der Waals surface area contributed by atoms with Gasteiger partial charge in [-0.05, 0) is 0 Å². The predicted octanol–water partition coefficient (Wildman–Crippen LogP) is 3.39. The molecule has 0 nitrogen and oxygen atoms in total. The summed E-state index contributed by atoms with van der Waals surface area (Å²) in [6.45, 7) is 2.26. The van der Waals surface area contributed by atoms with E-state index in [4.69, 9.17) is 0 Å². The van der Waals surface area contributed by atoms with Crippen molar-refractivity contribution in [2.75, 3.05) is 5.33 Å². The zero-order valence-corrected chi connectivity index (χ0v) is 11.9. The second kappa shape index (κ2) is 7.50. The van der Waals surface area contributed by atoms with Crippen molar-refractivity contribution in [2.45, 2.75) is 31.0 Å². The Hall–Kier alpha value is 0.219. The fourth-order valence-electron chi connectivity index (χ4n) is 1.29. The summed E-state index contributed by atoms with van der Waals surface area (Å²) in [5, 5.41) is 1.15. The van der Waals surface area contributed by atoms with E-state index in [1.54, 1.807) is 0 Å². The van der Waals surface area contributed by atoms with E-state index in [2.05, 4.69) is 53.2 Å². The number of unbranched alkanes of at least 4 members (excludes halogenated alkanes) is 1. The van der Waals surface area contributed by atoms with Gasteiger partial charge in [-0.1, -0.05) is 0 Å². The molecule has 0 radical (unpaired) electrons. The van der Waals surface area contributed by atoms with Gasteiger partial charge >= 0.3 is 102 Å². The zero-order valence-electron chi connectivity index (χ0n) is 8.58. The summed E-state index contributed by atoms with van der Waals surface area (Å²) in [6.07, 6.45) is 4.05. The van der Waals surface area contributed by atoms with E-state index in [0.29, 0.717) is 15.0 Å². The SMILES string of the molecule is CCCCC(CBr)[Se]c1ccccc1. The van der Waals surface area contributed by atoms with Gasteiger partial charge in [0.15, 0.2) is 0 Å². The van der Waals surface area contributed by atoms with Crippen LogP contribution >= 0.6 is 15.9 Å². The molecule has 1 atom stereocenters. The normalized spacial score (nSPS) is 12.7. The topological polar surface area (TPSA) is 0 Å². The van der Waals surface area contributed by atoms with Gasteiger partial charge in [0.25, 0.3) is 0 Å². The standard InChI is InChI=1S/C12H17BrSe/c1-2-3-7-12(10-13)14-11-8-5-4-6-9-11/h4-6,8-9,12H,2-3,7,10H2,1H3. The Bertz CT molecular complexity index is 235. The second-order valence-corrected chi connectivity index (χ2v) is 6.88. The first-order valence-corrected chi connectivity index (χ1v) is 8.11. The van der Waals surface area contributed by atoms with E-state index in [-0.39, 0.29) is 0 Å². The van der Waals surface area contributed by atoms with E-state index in [0.717, 1.165) is 10.1 Å². The van der Waals surface area contributed by atoms with Gasteiger partial charge in [0.1, 0.15) is 0 Å². The van der Waals surface area contributed by atoms with Crippen molar-refractivity contribution in [1.29, 1.82) is 0 Å². The number of alkyl halides is 1. The Morgan fingerprint density at radius 1 is 1.29 bits per heavy atom. The molecule has 14 heavy (non-hydrogen) atoms. The molecule has 0 N–H and O–H groups in total. The Balaban J connectivity index is 2.40. The van der Waals surface area contributed by atoms with Crippen molar-refractivity contribution in [1.82, 2.24) is 0 Å². The molecule has 1 rings (SSSR count). The molecule has 0 spiro atoms. The maximum absolute atomic E-state index is 3.62. The van der Waals surface area contributed by atoms with Crippen LogP contribution in [0.5, 0.6) is 0 Å². The van der Waals surface area contributed by atoms with Gasteiger partial charge in [-0.15, -0.1) is 0 Å². The van der Waals surface area contributed by atoms with Crippen LogP contribution in [0, 0.1) is 0 Å². The summed E-state index contributed by atoms with van der Waals surface area (Å²) in [5.41, 5.74) is 0. The molecule has 0 aromatic heterocycles. The summed E-state index contributed by atoms with van der Waals surface area (Å²) in [4.78, 5) is 0.866. The Morgan fingerprint density at radius 2 is 2.00 bits per heavy atom. The third kappa shape index (κ3) is 4.63. The minimum absolute atomic E-state index is 0.639. The van der Waals surface area contributed by atoms with Gasteiger partial charge in [0.2, 0.25) is 0 Å². The third-order valence-corrected chi connectivity index (χ3v) is 6.53. The molecule has 2 heteroatoms. The fraction of sp³-hybridized carbons (Fsp3) is 0.500. The second-order valence-electron chi connectivity index (χ2n) is 3.35. The van der Waals surface area contributed by atoms with E-state index < -0.39 is 0 Å². The van der Waals surface area contributed by atoms with Gasteiger partial charge in [-0.2, -0.15) is 0 Å². The van der Waals surface area contributed by atoms with Gasteiger partial charge in [0, 0.05) is 0 Å². The van der Waals surface area contributed by atoms with Crippen LogP contribution in [-0.4, -0.2) is 20.3 Å². The van der Waals surface area contributed by atoms with Gasteiger partial charge in [-0.3, -0.25) is 0 Å². The van der Waals surface area contributed by atoms with Crippen molar-refractivity contribution in [3.63, 3.8) is 0 Å². The van der Waals surface area contributed by atoms with Crippen molar-refractivity contribution < 1.29 is 0 Å². The molecule has 0 fully saturated rings. The molecule has 1 aromatic rings. The first-order valence-electron chi connectivity index (χ1n) is 5.14. The van der Waals surface area contributed by atoms with Crippen molar-refractivity contribution in [2.24, 2.45) is 0 Å². The molecule has 0 aliphatic rings. The van der Waals surface area contributed by atoms with Crippen LogP contribution in [0.1, 0.15) is 26.2 Å². The number of rotatable bonds is 6. The molecule has 1 aromatic carbocycles. The third-order valence-electron chi connectivity index (χ3n) is 2.10. The molecule has 1 unspecified atom stereocenters.